The summed E-state index contributed by atoms with van der Waals surface area (Å²) in [4.78, 5) is 53.7. The van der Waals surface area contributed by atoms with Crippen molar-refractivity contribution in [3.63, 3.8) is 0 Å². The molecular weight excluding hydrogens is 386 g/mol. The van der Waals surface area contributed by atoms with E-state index in [0.717, 1.165) is 17.7 Å². The van der Waals surface area contributed by atoms with Crippen LogP contribution in [0.15, 0.2) is 54.6 Å². The molecule has 2 aromatic carbocycles. The first-order valence-corrected chi connectivity index (χ1v) is 9.96. The van der Waals surface area contributed by atoms with Crippen molar-refractivity contribution in [1.29, 1.82) is 0 Å². The number of anilines is 1. The van der Waals surface area contributed by atoms with E-state index in [1.54, 1.807) is 24.3 Å². The van der Waals surface area contributed by atoms with Crippen LogP contribution in [0.3, 0.4) is 0 Å². The molecular formula is C22H19N3O5. The van der Waals surface area contributed by atoms with Gasteiger partial charge in [-0.25, -0.2) is 4.90 Å². The van der Waals surface area contributed by atoms with Crippen molar-refractivity contribution in [3.05, 3.63) is 70.3 Å². The number of hydrogen-bond acceptors (Lipinski definition) is 6. The van der Waals surface area contributed by atoms with Gasteiger partial charge in [-0.15, -0.1) is 0 Å². The zero-order valence-corrected chi connectivity index (χ0v) is 16.0. The first-order chi connectivity index (χ1) is 14.5. The van der Waals surface area contributed by atoms with Gasteiger partial charge in [0.25, 0.3) is 5.69 Å². The van der Waals surface area contributed by atoms with Crippen molar-refractivity contribution in [1.82, 2.24) is 4.90 Å². The second kappa shape index (κ2) is 6.84. The molecule has 3 aliphatic rings. The zero-order valence-electron chi connectivity index (χ0n) is 16.0. The standard InChI is InChI=1S/C22H19N3O5/c26-20(13-6-2-1-3-7-13)19-18-17(16-10-5-11-23(16)19)21(27)24(22(18)28)14-8-4-9-15(12-14)25(29)30/h1-4,6-9,12,16-19H,5,10-11H2/t16-,17-,18-,19-/m1/s1. The Balaban J connectivity index is 1.55. The number of fused-ring (bicyclic) bond motifs is 3. The fourth-order valence-corrected chi connectivity index (χ4v) is 5.29. The minimum absolute atomic E-state index is 0.156. The summed E-state index contributed by atoms with van der Waals surface area (Å²) in [5.41, 5.74) is 0.511. The van der Waals surface area contributed by atoms with Crippen LogP contribution in [0, 0.1) is 22.0 Å². The maximum Gasteiger partial charge on any atom is 0.271 e. The number of imide groups is 1. The molecule has 0 aromatic heterocycles. The van der Waals surface area contributed by atoms with Crippen molar-refractivity contribution in [3.8, 4) is 0 Å². The van der Waals surface area contributed by atoms with Crippen molar-refractivity contribution in [2.75, 3.05) is 11.4 Å². The molecule has 0 N–H and O–H groups in total. The molecule has 8 heteroatoms. The van der Waals surface area contributed by atoms with Crippen LogP contribution in [-0.4, -0.2) is 46.0 Å². The van der Waals surface area contributed by atoms with Crippen molar-refractivity contribution in [2.45, 2.75) is 24.9 Å². The summed E-state index contributed by atoms with van der Waals surface area (Å²) in [6.45, 7) is 0.679. The molecule has 152 valence electrons. The largest absolute Gasteiger partial charge is 0.292 e. The summed E-state index contributed by atoms with van der Waals surface area (Å²) >= 11 is 0. The maximum absolute atomic E-state index is 13.4. The van der Waals surface area contributed by atoms with Crippen molar-refractivity contribution < 1.29 is 19.3 Å². The molecule has 2 amide bonds. The van der Waals surface area contributed by atoms with E-state index in [1.165, 1.54) is 24.3 Å². The number of amides is 2. The predicted octanol–water partition coefficient (Wildman–Crippen LogP) is 2.43. The molecule has 3 aliphatic heterocycles. The Bertz CT molecular complexity index is 1070. The number of benzene rings is 2. The molecule has 0 aliphatic carbocycles. The molecule has 0 unspecified atom stereocenters. The first kappa shape index (κ1) is 18.6. The lowest BCUT2D eigenvalue weighted by molar-refractivity contribution is -0.384. The Hall–Kier alpha value is -3.39. The van der Waals surface area contributed by atoms with Gasteiger partial charge in [-0.2, -0.15) is 0 Å². The van der Waals surface area contributed by atoms with Crippen LogP contribution in [0.4, 0.5) is 11.4 Å². The highest BCUT2D eigenvalue weighted by molar-refractivity contribution is 6.24. The number of nitro benzene ring substituents is 1. The molecule has 0 bridgehead atoms. The van der Waals surface area contributed by atoms with Crippen LogP contribution in [0.5, 0.6) is 0 Å². The summed E-state index contributed by atoms with van der Waals surface area (Å²) in [5.74, 6) is -2.34. The monoisotopic (exact) mass is 405 g/mol. The fraction of sp³-hybridized carbons (Fsp3) is 0.318. The van der Waals surface area contributed by atoms with Gasteiger partial charge in [0.1, 0.15) is 0 Å². The average Bonchev–Trinajstić information content (AvgIpc) is 3.40. The highest BCUT2D eigenvalue weighted by Crippen LogP contribution is 2.48. The van der Waals surface area contributed by atoms with Gasteiger partial charge >= 0.3 is 0 Å². The lowest BCUT2D eigenvalue weighted by atomic mass is 9.85. The zero-order chi connectivity index (χ0) is 21.0. The minimum Gasteiger partial charge on any atom is -0.292 e. The smallest absolute Gasteiger partial charge is 0.271 e. The third kappa shape index (κ3) is 2.60. The molecule has 3 fully saturated rings. The molecule has 4 atom stereocenters. The molecule has 8 nitrogen and oxygen atoms in total. The highest BCUT2D eigenvalue weighted by atomic mass is 16.6. The number of nitrogens with zero attached hydrogens (tertiary/aromatic N) is 3. The van der Waals surface area contributed by atoms with Crippen LogP contribution in [0.2, 0.25) is 0 Å². The number of ketones is 1. The van der Waals surface area contributed by atoms with Crippen LogP contribution in [0.1, 0.15) is 23.2 Å². The highest BCUT2D eigenvalue weighted by Gasteiger charge is 2.64. The number of nitro groups is 1. The second-order valence-corrected chi connectivity index (χ2v) is 7.96. The minimum atomic E-state index is -0.769. The third-order valence-electron chi connectivity index (χ3n) is 6.48. The summed E-state index contributed by atoms with van der Waals surface area (Å²) in [6, 6.07) is 13.5. The van der Waals surface area contributed by atoms with Gasteiger partial charge in [0.15, 0.2) is 5.78 Å². The van der Waals surface area contributed by atoms with Gasteiger partial charge in [-0.3, -0.25) is 29.4 Å². The van der Waals surface area contributed by atoms with Crippen molar-refractivity contribution in [2.24, 2.45) is 11.8 Å². The van der Waals surface area contributed by atoms with E-state index in [1.807, 2.05) is 11.0 Å². The molecule has 2 aromatic rings. The number of Topliss-reactive ketones (excluding diaryl/α,β-unsaturated/α-hetero) is 1. The topological polar surface area (TPSA) is 101 Å². The lowest BCUT2D eigenvalue weighted by Gasteiger charge is -2.27. The third-order valence-corrected chi connectivity index (χ3v) is 6.48. The molecule has 3 heterocycles. The Morgan fingerprint density at radius 3 is 2.47 bits per heavy atom. The number of carbonyl (C=O) groups is 3. The van der Waals surface area contributed by atoms with E-state index in [4.69, 9.17) is 0 Å². The molecule has 0 spiro atoms. The van der Waals surface area contributed by atoms with E-state index >= 15 is 0 Å². The number of hydrogen-bond donors (Lipinski definition) is 0. The Morgan fingerprint density at radius 1 is 1.00 bits per heavy atom. The fourth-order valence-electron chi connectivity index (χ4n) is 5.29. The van der Waals surface area contributed by atoms with E-state index in [9.17, 15) is 24.5 Å². The summed E-state index contributed by atoms with van der Waals surface area (Å²) in [5, 5.41) is 11.1. The Labute approximate surface area is 172 Å². The maximum atomic E-state index is 13.4. The van der Waals surface area contributed by atoms with Gasteiger partial charge in [-0.1, -0.05) is 36.4 Å². The van der Waals surface area contributed by atoms with Gasteiger partial charge in [-0.05, 0) is 25.5 Å². The quantitative estimate of drug-likeness (QED) is 0.335. The average molecular weight is 405 g/mol. The van der Waals surface area contributed by atoms with E-state index < -0.39 is 28.7 Å². The second-order valence-electron chi connectivity index (χ2n) is 7.96. The van der Waals surface area contributed by atoms with Gasteiger partial charge in [0, 0.05) is 23.7 Å². The van der Waals surface area contributed by atoms with Crippen LogP contribution in [0.25, 0.3) is 0 Å². The summed E-state index contributed by atoms with van der Waals surface area (Å²) in [7, 11) is 0. The number of rotatable bonds is 4. The Kier molecular flexibility index (Phi) is 4.25. The molecule has 5 rings (SSSR count). The predicted molar refractivity (Wildman–Crippen MR) is 107 cm³/mol. The van der Waals surface area contributed by atoms with E-state index in [-0.39, 0.29) is 29.1 Å². The molecule has 0 saturated carbocycles. The molecule has 30 heavy (non-hydrogen) atoms. The van der Waals surface area contributed by atoms with Gasteiger partial charge in [0.2, 0.25) is 11.8 Å². The first-order valence-electron chi connectivity index (χ1n) is 9.96. The normalized spacial score (nSPS) is 27.9. The SMILES string of the molecule is O=C(c1ccccc1)[C@H]1[C@@H]2C(=O)N(c3cccc([N+](=O)[O-])c3)C(=O)[C@@H]2[C@H]2CCCN21. The van der Waals surface area contributed by atoms with Crippen LogP contribution < -0.4 is 4.90 Å². The van der Waals surface area contributed by atoms with Gasteiger partial charge in [0.05, 0.1) is 28.5 Å². The van der Waals surface area contributed by atoms with Gasteiger partial charge < -0.3 is 0 Å². The summed E-state index contributed by atoms with van der Waals surface area (Å²) in [6.07, 6.45) is 1.62. The van der Waals surface area contributed by atoms with E-state index in [2.05, 4.69) is 0 Å². The van der Waals surface area contributed by atoms with E-state index in [0.29, 0.717) is 12.1 Å². The lowest BCUT2D eigenvalue weighted by Crippen LogP contribution is -2.46. The molecule has 0 radical (unpaired) electrons. The van der Waals surface area contributed by atoms with Crippen LogP contribution >= 0.6 is 0 Å². The van der Waals surface area contributed by atoms with Crippen LogP contribution in [-0.2, 0) is 9.59 Å². The number of carbonyl (C=O) groups excluding carboxylic acids is 3. The number of non-ortho nitro benzene ring substituents is 1. The summed E-state index contributed by atoms with van der Waals surface area (Å²) < 4.78 is 0. The Morgan fingerprint density at radius 2 is 1.73 bits per heavy atom. The molecule has 3 saturated heterocycles. The van der Waals surface area contributed by atoms with Crippen molar-refractivity contribution >= 4 is 29.0 Å².